The van der Waals surface area contributed by atoms with Crippen LogP contribution in [-0.2, 0) is 24.9 Å². The molecule has 10 heteroatoms. The molecule has 0 unspecified atom stereocenters. The highest BCUT2D eigenvalue weighted by Crippen LogP contribution is 2.21. The fourth-order valence-corrected chi connectivity index (χ4v) is 4.10. The Labute approximate surface area is 187 Å². The lowest BCUT2D eigenvalue weighted by molar-refractivity contribution is -0.117. The van der Waals surface area contributed by atoms with Crippen LogP contribution >= 0.6 is 0 Å². The van der Waals surface area contributed by atoms with E-state index in [2.05, 4.69) is 15.5 Å². The third-order valence-corrected chi connectivity index (χ3v) is 5.83. The molecular weight excluding hydrogens is 425 g/mol. The van der Waals surface area contributed by atoms with Crippen molar-refractivity contribution in [3.63, 3.8) is 0 Å². The number of rotatable bonds is 5. The van der Waals surface area contributed by atoms with E-state index in [0.29, 0.717) is 28.2 Å². The van der Waals surface area contributed by atoms with Crippen LogP contribution in [-0.4, -0.2) is 34.4 Å². The fourth-order valence-electron chi connectivity index (χ4n) is 4.10. The quantitative estimate of drug-likeness (QED) is 0.448. The molecule has 5 rings (SSSR count). The van der Waals surface area contributed by atoms with E-state index in [4.69, 9.17) is 0 Å². The molecule has 1 amide bonds. The van der Waals surface area contributed by atoms with E-state index in [1.807, 2.05) is 25.1 Å². The molecule has 5 aromatic rings. The molecule has 0 saturated heterocycles. The number of hydrogen-bond donors (Lipinski definition) is 1. The lowest BCUT2D eigenvalue weighted by Gasteiger charge is -2.07. The van der Waals surface area contributed by atoms with E-state index in [9.17, 15) is 14.0 Å². The zero-order valence-electron chi connectivity index (χ0n) is 18.4. The van der Waals surface area contributed by atoms with E-state index in [0.717, 1.165) is 15.9 Å². The van der Waals surface area contributed by atoms with E-state index < -0.39 is 5.69 Å². The van der Waals surface area contributed by atoms with E-state index >= 15 is 0 Å². The summed E-state index contributed by atoms with van der Waals surface area (Å²) in [4.78, 5) is 25.9. The Kier molecular flexibility index (Phi) is 4.85. The standard InChI is InChI=1S/C23H22FN7O2/c1-14-21(15(2)28(3)26-14)25-20(32)13-30-23(33)31-19-11-7-6-10-18(19)29(22(31)27-30)12-16-8-4-5-9-17(16)24/h4-11H,12-13H2,1-3H3,(H,25,32). The summed E-state index contributed by atoms with van der Waals surface area (Å²) in [6.07, 6.45) is 0. The highest BCUT2D eigenvalue weighted by Gasteiger charge is 2.20. The van der Waals surface area contributed by atoms with Crippen LogP contribution in [0.15, 0.2) is 53.3 Å². The first-order chi connectivity index (χ1) is 15.8. The van der Waals surface area contributed by atoms with Gasteiger partial charge < -0.3 is 9.88 Å². The molecule has 33 heavy (non-hydrogen) atoms. The third kappa shape index (κ3) is 3.39. The lowest BCUT2D eigenvalue weighted by atomic mass is 10.2. The highest BCUT2D eigenvalue weighted by atomic mass is 19.1. The Balaban J connectivity index is 1.55. The number of amides is 1. The van der Waals surface area contributed by atoms with Crippen molar-refractivity contribution in [2.75, 3.05) is 5.32 Å². The zero-order chi connectivity index (χ0) is 23.3. The summed E-state index contributed by atoms with van der Waals surface area (Å²) in [7, 11) is 1.80. The molecule has 0 aliphatic carbocycles. The van der Waals surface area contributed by atoms with Gasteiger partial charge in [0.05, 0.1) is 34.7 Å². The molecule has 1 N–H and O–H groups in total. The lowest BCUT2D eigenvalue weighted by Crippen LogP contribution is -2.28. The molecule has 3 aromatic heterocycles. The van der Waals surface area contributed by atoms with Crippen LogP contribution in [0.5, 0.6) is 0 Å². The molecule has 168 valence electrons. The van der Waals surface area contributed by atoms with Gasteiger partial charge in [0.15, 0.2) is 0 Å². The maximum atomic E-state index is 14.3. The summed E-state index contributed by atoms with van der Waals surface area (Å²) in [5.74, 6) is -0.384. The van der Waals surface area contributed by atoms with Gasteiger partial charge in [-0.25, -0.2) is 18.3 Å². The van der Waals surface area contributed by atoms with Crippen molar-refractivity contribution in [2.24, 2.45) is 7.05 Å². The second kappa shape index (κ2) is 7.73. The summed E-state index contributed by atoms with van der Waals surface area (Å²) in [6, 6.07) is 13.8. The molecule has 0 fully saturated rings. The van der Waals surface area contributed by atoms with Crippen molar-refractivity contribution < 1.29 is 9.18 Å². The number of halogens is 1. The van der Waals surface area contributed by atoms with Crippen molar-refractivity contribution in [1.29, 1.82) is 0 Å². The molecule has 0 atom stereocenters. The number of anilines is 1. The van der Waals surface area contributed by atoms with Gasteiger partial charge in [0, 0.05) is 12.6 Å². The number of aryl methyl sites for hydroxylation is 2. The number of fused-ring (bicyclic) bond motifs is 3. The number of para-hydroxylation sites is 2. The van der Waals surface area contributed by atoms with Crippen LogP contribution in [0, 0.1) is 19.7 Å². The smallest absolute Gasteiger partial charge is 0.321 e. The second-order valence-corrected chi connectivity index (χ2v) is 7.96. The molecule has 0 bridgehead atoms. The van der Waals surface area contributed by atoms with E-state index in [1.54, 1.807) is 47.5 Å². The van der Waals surface area contributed by atoms with Gasteiger partial charge in [0.25, 0.3) is 0 Å². The first kappa shape index (κ1) is 20.7. The topological polar surface area (TPSA) is 91.2 Å². The van der Waals surface area contributed by atoms with Gasteiger partial charge in [0.2, 0.25) is 11.7 Å². The Morgan fingerprint density at radius 2 is 1.73 bits per heavy atom. The van der Waals surface area contributed by atoms with Gasteiger partial charge in [-0.1, -0.05) is 30.3 Å². The Morgan fingerprint density at radius 1 is 1.03 bits per heavy atom. The summed E-state index contributed by atoms with van der Waals surface area (Å²) in [5.41, 5.74) is 3.54. The van der Waals surface area contributed by atoms with Gasteiger partial charge in [0.1, 0.15) is 12.4 Å². The normalized spacial score (nSPS) is 11.5. The van der Waals surface area contributed by atoms with Crippen LogP contribution in [0.1, 0.15) is 17.0 Å². The average Bonchev–Trinajstić information content (AvgIpc) is 3.35. The Hall–Kier alpha value is -4.21. The number of nitrogens with zero attached hydrogens (tertiary/aromatic N) is 6. The number of aromatic nitrogens is 6. The molecule has 3 heterocycles. The second-order valence-electron chi connectivity index (χ2n) is 7.96. The summed E-state index contributed by atoms with van der Waals surface area (Å²) < 4.78 is 20.4. The van der Waals surface area contributed by atoms with Crippen molar-refractivity contribution in [1.82, 2.24) is 28.5 Å². The van der Waals surface area contributed by atoms with Gasteiger partial charge in [-0.2, -0.15) is 5.10 Å². The minimum absolute atomic E-state index is 0.195. The minimum atomic E-state index is -0.441. The van der Waals surface area contributed by atoms with Crippen LogP contribution in [0.4, 0.5) is 10.1 Å². The van der Waals surface area contributed by atoms with Crippen LogP contribution in [0.3, 0.4) is 0 Å². The van der Waals surface area contributed by atoms with Crippen molar-refractivity contribution in [3.8, 4) is 0 Å². The first-order valence-corrected chi connectivity index (χ1v) is 10.5. The number of carbonyl (C=O) groups is 1. The maximum absolute atomic E-state index is 14.3. The van der Waals surface area contributed by atoms with Crippen LogP contribution in [0.25, 0.3) is 16.8 Å². The van der Waals surface area contributed by atoms with Crippen molar-refractivity contribution in [2.45, 2.75) is 26.9 Å². The fraction of sp³-hybridized carbons (Fsp3) is 0.217. The van der Waals surface area contributed by atoms with Crippen LogP contribution in [0.2, 0.25) is 0 Å². The van der Waals surface area contributed by atoms with E-state index in [1.165, 1.54) is 10.5 Å². The SMILES string of the molecule is Cc1nn(C)c(C)c1NC(=O)Cn1nc2n(Cc3ccccc3F)c3ccccc3n2c1=O. The highest BCUT2D eigenvalue weighted by molar-refractivity contribution is 5.91. The number of benzene rings is 2. The summed E-state index contributed by atoms with van der Waals surface area (Å²) in [6.45, 7) is 3.59. The number of carbonyl (C=O) groups excluding carboxylic acids is 1. The number of hydrogen-bond acceptors (Lipinski definition) is 4. The largest absolute Gasteiger partial charge is 0.352 e. The third-order valence-electron chi connectivity index (χ3n) is 5.83. The molecular formula is C23H22FN7O2. The van der Waals surface area contributed by atoms with Crippen molar-refractivity contribution >= 4 is 28.4 Å². The van der Waals surface area contributed by atoms with Gasteiger partial charge in [-0.3, -0.25) is 9.48 Å². The Bertz CT molecular complexity index is 1590. The average molecular weight is 447 g/mol. The predicted molar refractivity (Wildman–Crippen MR) is 122 cm³/mol. The van der Waals surface area contributed by atoms with E-state index in [-0.39, 0.29) is 24.8 Å². The number of imidazole rings is 1. The first-order valence-electron chi connectivity index (χ1n) is 10.5. The van der Waals surface area contributed by atoms with Crippen molar-refractivity contribution in [3.05, 3.63) is 81.8 Å². The van der Waals surface area contributed by atoms with Crippen LogP contribution < -0.4 is 11.0 Å². The minimum Gasteiger partial charge on any atom is -0.321 e. The Morgan fingerprint density at radius 3 is 2.42 bits per heavy atom. The zero-order valence-corrected chi connectivity index (χ0v) is 18.4. The monoisotopic (exact) mass is 447 g/mol. The molecule has 0 aliphatic heterocycles. The summed E-state index contributed by atoms with van der Waals surface area (Å²) in [5, 5.41) is 11.5. The molecule has 9 nitrogen and oxygen atoms in total. The molecule has 0 radical (unpaired) electrons. The maximum Gasteiger partial charge on any atom is 0.352 e. The summed E-state index contributed by atoms with van der Waals surface area (Å²) >= 11 is 0. The van der Waals surface area contributed by atoms with Gasteiger partial charge in [-0.05, 0) is 32.0 Å². The van der Waals surface area contributed by atoms with Gasteiger partial charge in [-0.15, -0.1) is 5.10 Å². The molecule has 0 spiro atoms. The van der Waals surface area contributed by atoms with Gasteiger partial charge >= 0.3 is 5.69 Å². The molecule has 0 saturated carbocycles. The number of nitrogens with one attached hydrogen (secondary N) is 1. The predicted octanol–water partition coefficient (Wildman–Crippen LogP) is 2.63. The molecule has 0 aliphatic rings. The molecule has 2 aromatic carbocycles.